The molecule has 3 heterocycles. The van der Waals surface area contributed by atoms with Gasteiger partial charge in [-0.05, 0) is 43.5 Å². The number of aromatic nitrogens is 4. The Bertz CT molecular complexity index is 996. The van der Waals surface area contributed by atoms with Crippen molar-refractivity contribution in [1.29, 1.82) is 0 Å². The van der Waals surface area contributed by atoms with Crippen molar-refractivity contribution in [3.05, 3.63) is 52.2 Å². The van der Waals surface area contributed by atoms with Crippen LogP contribution in [-0.4, -0.2) is 43.2 Å². The molecular weight excluding hydrogens is 318 g/mol. The zero-order valence-corrected chi connectivity index (χ0v) is 14.4. The number of likely N-dealkylation sites (tertiary alicyclic amines) is 1. The molecule has 25 heavy (non-hydrogen) atoms. The molecule has 4 rings (SSSR count). The van der Waals surface area contributed by atoms with Crippen LogP contribution in [0.2, 0.25) is 0 Å². The summed E-state index contributed by atoms with van der Waals surface area (Å²) < 4.78 is 3.51. The van der Waals surface area contributed by atoms with Crippen molar-refractivity contribution in [2.24, 2.45) is 7.05 Å². The number of carbonyl (C=O) groups excluding carboxylic acids is 1. The maximum Gasteiger partial charge on any atom is 0.326 e. The second-order valence-corrected chi connectivity index (χ2v) is 6.77. The van der Waals surface area contributed by atoms with Gasteiger partial charge in [-0.1, -0.05) is 0 Å². The summed E-state index contributed by atoms with van der Waals surface area (Å²) in [4.78, 5) is 29.3. The van der Waals surface area contributed by atoms with Gasteiger partial charge < -0.3 is 9.88 Å². The summed E-state index contributed by atoms with van der Waals surface area (Å²) in [5.41, 5.74) is 3.04. The summed E-state index contributed by atoms with van der Waals surface area (Å²) in [6.07, 6.45) is 5.86. The molecule has 1 aliphatic heterocycles. The molecular formula is C18H21N5O2. The van der Waals surface area contributed by atoms with Crippen LogP contribution < -0.4 is 5.69 Å². The molecule has 7 nitrogen and oxygen atoms in total. The highest BCUT2D eigenvalue weighted by atomic mass is 16.2. The summed E-state index contributed by atoms with van der Waals surface area (Å²) in [6.45, 7) is 3.42. The van der Waals surface area contributed by atoms with Crippen molar-refractivity contribution >= 4 is 16.9 Å². The normalized spacial score (nSPS) is 18.0. The number of fused-ring (bicyclic) bond motifs is 1. The molecule has 1 saturated heterocycles. The topological polar surface area (TPSA) is 75.9 Å². The fourth-order valence-corrected chi connectivity index (χ4v) is 3.54. The number of hydrogen-bond acceptors (Lipinski definition) is 3. The number of hydrogen-bond donors (Lipinski definition) is 1. The van der Waals surface area contributed by atoms with Gasteiger partial charge >= 0.3 is 5.69 Å². The van der Waals surface area contributed by atoms with Crippen LogP contribution in [-0.2, 0) is 7.05 Å². The maximum absolute atomic E-state index is 12.9. The van der Waals surface area contributed by atoms with E-state index in [1.807, 2.05) is 35.0 Å². The second kappa shape index (κ2) is 5.91. The predicted molar refractivity (Wildman–Crippen MR) is 94.7 cm³/mol. The molecule has 0 saturated carbocycles. The van der Waals surface area contributed by atoms with Gasteiger partial charge in [0.1, 0.15) is 0 Å². The molecule has 130 valence electrons. The van der Waals surface area contributed by atoms with Crippen LogP contribution in [0.1, 0.15) is 34.8 Å². The Labute approximate surface area is 144 Å². The molecule has 0 radical (unpaired) electrons. The van der Waals surface area contributed by atoms with E-state index in [1.165, 1.54) is 0 Å². The first-order valence-corrected chi connectivity index (χ1v) is 8.52. The van der Waals surface area contributed by atoms with E-state index in [2.05, 4.69) is 10.1 Å². The minimum absolute atomic E-state index is 0.000167. The number of carbonyl (C=O) groups is 1. The van der Waals surface area contributed by atoms with Gasteiger partial charge in [0.05, 0.1) is 23.3 Å². The summed E-state index contributed by atoms with van der Waals surface area (Å²) in [6, 6.07) is 5.59. The van der Waals surface area contributed by atoms with Crippen LogP contribution in [0, 0.1) is 6.92 Å². The van der Waals surface area contributed by atoms with Gasteiger partial charge in [-0.15, -0.1) is 0 Å². The molecule has 1 aromatic carbocycles. The average Bonchev–Trinajstić information content (AvgIpc) is 3.18. The summed E-state index contributed by atoms with van der Waals surface area (Å²) in [5, 5.41) is 4.40. The third-order valence-corrected chi connectivity index (χ3v) is 4.94. The largest absolute Gasteiger partial charge is 0.337 e. The van der Waals surface area contributed by atoms with Crippen LogP contribution in [0.15, 0.2) is 35.4 Å². The van der Waals surface area contributed by atoms with Crippen molar-refractivity contribution in [3.63, 3.8) is 0 Å². The number of aryl methyl sites for hydroxylation is 2. The van der Waals surface area contributed by atoms with Crippen molar-refractivity contribution < 1.29 is 4.79 Å². The number of nitrogens with zero attached hydrogens (tertiary/aromatic N) is 4. The van der Waals surface area contributed by atoms with E-state index >= 15 is 0 Å². The first-order chi connectivity index (χ1) is 12.0. The lowest BCUT2D eigenvalue weighted by Gasteiger charge is -2.33. The third-order valence-electron chi connectivity index (χ3n) is 4.94. The van der Waals surface area contributed by atoms with E-state index < -0.39 is 0 Å². The molecule has 1 amide bonds. The highest BCUT2D eigenvalue weighted by molar-refractivity contribution is 5.97. The SMILES string of the molecule is Cc1cnn([C@H]2CCCN(C(=O)c3ccc4c(c3)[nH]c(=O)n4C)C2)c1. The Balaban J connectivity index is 1.58. The highest BCUT2D eigenvalue weighted by Gasteiger charge is 2.26. The van der Waals surface area contributed by atoms with E-state index in [4.69, 9.17) is 0 Å². The Morgan fingerprint density at radius 1 is 1.36 bits per heavy atom. The number of piperidine rings is 1. The van der Waals surface area contributed by atoms with Gasteiger partial charge in [0, 0.05) is 31.9 Å². The first kappa shape index (κ1) is 15.7. The first-order valence-electron chi connectivity index (χ1n) is 8.52. The molecule has 1 fully saturated rings. The smallest absolute Gasteiger partial charge is 0.326 e. The molecule has 1 atom stereocenters. The number of rotatable bonds is 2. The van der Waals surface area contributed by atoms with E-state index in [0.717, 1.165) is 30.5 Å². The number of H-pyrrole nitrogens is 1. The van der Waals surface area contributed by atoms with Crippen molar-refractivity contribution in [1.82, 2.24) is 24.2 Å². The maximum atomic E-state index is 12.9. The Morgan fingerprint density at radius 3 is 2.96 bits per heavy atom. The van der Waals surface area contributed by atoms with Gasteiger partial charge in [-0.25, -0.2) is 4.79 Å². The van der Waals surface area contributed by atoms with Gasteiger partial charge in [-0.2, -0.15) is 5.10 Å². The fraction of sp³-hybridized carbons (Fsp3) is 0.389. The number of nitrogens with one attached hydrogen (secondary N) is 1. The van der Waals surface area contributed by atoms with E-state index in [9.17, 15) is 9.59 Å². The molecule has 0 aliphatic carbocycles. The number of aromatic amines is 1. The zero-order chi connectivity index (χ0) is 17.6. The minimum Gasteiger partial charge on any atom is -0.337 e. The summed E-state index contributed by atoms with van der Waals surface area (Å²) in [7, 11) is 1.71. The third kappa shape index (κ3) is 2.75. The van der Waals surface area contributed by atoms with Gasteiger partial charge in [0.2, 0.25) is 0 Å². The lowest BCUT2D eigenvalue weighted by Crippen LogP contribution is -2.40. The van der Waals surface area contributed by atoms with Crippen LogP contribution in [0.3, 0.4) is 0 Å². The second-order valence-electron chi connectivity index (χ2n) is 6.77. The highest BCUT2D eigenvalue weighted by Crippen LogP contribution is 2.23. The molecule has 0 bridgehead atoms. The Hall–Kier alpha value is -2.83. The van der Waals surface area contributed by atoms with Crippen LogP contribution in [0.5, 0.6) is 0 Å². The predicted octanol–water partition coefficient (Wildman–Crippen LogP) is 1.85. The molecule has 0 unspecified atom stereocenters. The van der Waals surface area contributed by atoms with Crippen LogP contribution >= 0.6 is 0 Å². The molecule has 3 aromatic rings. The lowest BCUT2D eigenvalue weighted by molar-refractivity contribution is 0.0673. The van der Waals surface area contributed by atoms with Crippen molar-refractivity contribution in [2.75, 3.05) is 13.1 Å². The summed E-state index contributed by atoms with van der Waals surface area (Å²) >= 11 is 0. The average molecular weight is 339 g/mol. The number of imidazole rings is 1. The Kier molecular flexibility index (Phi) is 3.71. The van der Waals surface area contributed by atoms with E-state index in [-0.39, 0.29) is 17.6 Å². The lowest BCUT2D eigenvalue weighted by atomic mass is 10.0. The summed E-state index contributed by atoms with van der Waals surface area (Å²) in [5.74, 6) is 0.000167. The zero-order valence-electron chi connectivity index (χ0n) is 14.4. The Morgan fingerprint density at radius 2 is 2.20 bits per heavy atom. The molecule has 2 aromatic heterocycles. The molecule has 0 spiro atoms. The van der Waals surface area contributed by atoms with Gasteiger partial charge in [0.25, 0.3) is 5.91 Å². The fourth-order valence-electron chi connectivity index (χ4n) is 3.54. The molecule has 7 heteroatoms. The number of benzene rings is 1. The van der Waals surface area contributed by atoms with Crippen molar-refractivity contribution in [3.8, 4) is 0 Å². The van der Waals surface area contributed by atoms with Crippen molar-refractivity contribution in [2.45, 2.75) is 25.8 Å². The minimum atomic E-state index is -0.174. The quantitative estimate of drug-likeness (QED) is 0.774. The monoisotopic (exact) mass is 339 g/mol. The number of amides is 1. The van der Waals surface area contributed by atoms with Gasteiger partial charge in [-0.3, -0.25) is 14.0 Å². The van der Waals surface area contributed by atoms with Crippen LogP contribution in [0.25, 0.3) is 11.0 Å². The van der Waals surface area contributed by atoms with E-state index in [1.54, 1.807) is 23.7 Å². The standard InChI is InChI=1S/C18H21N5O2/c1-12-9-19-23(10-12)14-4-3-7-22(11-14)17(24)13-5-6-16-15(8-13)20-18(25)21(16)2/h5-6,8-10,14H,3-4,7,11H2,1-2H3,(H,20,25)/t14-/m0/s1. The van der Waals surface area contributed by atoms with Gasteiger partial charge in [0.15, 0.2) is 0 Å². The molecule has 1 N–H and O–H groups in total. The van der Waals surface area contributed by atoms with Crippen LogP contribution in [0.4, 0.5) is 0 Å². The molecule has 1 aliphatic rings. The van der Waals surface area contributed by atoms with E-state index in [0.29, 0.717) is 17.6 Å².